The Kier molecular flexibility index (Phi) is 3.56. The molecule has 0 N–H and O–H groups in total. The lowest BCUT2D eigenvalue weighted by Crippen LogP contribution is -2.24. The van der Waals surface area contributed by atoms with E-state index in [0.717, 1.165) is 12.0 Å². The molecule has 0 aliphatic heterocycles. The van der Waals surface area contributed by atoms with Crippen LogP contribution in [-0.4, -0.2) is 6.18 Å². The maximum Gasteiger partial charge on any atom is 0.416 e. The fourth-order valence-corrected chi connectivity index (χ4v) is 2.41. The molecule has 1 rings (SSSR count). The Hall–Kier alpha value is -0.730. The molecule has 0 aromatic carbocycles. The molecule has 0 saturated carbocycles. The standard InChI is InChI=1S/C13H19F3/c1-5-9-7-12(3,4)8-11(10(9)6-2)13(14,15)16/h8H,5-7H2,1-4H3. The molecule has 0 saturated heterocycles. The monoisotopic (exact) mass is 232 g/mol. The molecule has 0 aromatic rings. The van der Waals surface area contributed by atoms with Gasteiger partial charge in [0.25, 0.3) is 0 Å². The van der Waals surface area contributed by atoms with E-state index < -0.39 is 11.7 Å². The van der Waals surface area contributed by atoms with Gasteiger partial charge in [-0.25, -0.2) is 0 Å². The number of allylic oxidation sites excluding steroid dienone is 4. The van der Waals surface area contributed by atoms with Crippen molar-refractivity contribution in [3.05, 3.63) is 22.8 Å². The van der Waals surface area contributed by atoms with Gasteiger partial charge in [-0.05, 0) is 30.3 Å². The summed E-state index contributed by atoms with van der Waals surface area (Å²) in [5.74, 6) is 0. The van der Waals surface area contributed by atoms with Crippen LogP contribution in [0, 0.1) is 5.41 Å². The highest BCUT2D eigenvalue weighted by molar-refractivity contribution is 5.43. The van der Waals surface area contributed by atoms with Crippen LogP contribution in [0.1, 0.15) is 47.0 Å². The van der Waals surface area contributed by atoms with Gasteiger partial charge in [-0.15, -0.1) is 0 Å². The summed E-state index contributed by atoms with van der Waals surface area (Å²) in [6, 6.07) is 0. The van der Waals surface area contributed by atoms with E-state index in [9.17, 15) is 13.2 Å². The van der Waals surface area contributed by atoms with Gasteiger partial charge in [0.05, 0.1) is 5.57 Å². The van der Waals surface area contributed by atoms with Gasteiger partial charge in [0.2, 0.25) is 0 Å². The summed E-state index contributed by atoms with van der Waals surface area (Å²) in [5.41, 5.74) is 0.675. The van der Waals surface area contributed by atoms with Crippen molar-refractivity contribution in [3.8, 4) is 0 Å². The third kappa shape index (κ3) is 2.69. The number of halogens is 3. The maximum absolute atomic E-state index is 12.9. The number of hydrogen-bond donors (Lipinski definition) is 0. The number of hydrogen-bond acceptors (Lipinski definition) is 0. The van der Waals surface area contributed by atoms with E-state index in [1.165, 1.54) is 6.08 Å². The predicted octanol–water partition coefficient (Wildman–Crippen LogP) is 5.02. The lowest BCUT2D eigenvalue weighted by Gasteiger charge is -2.32. The maximum atomic E-state index is 12.9. The van der Waals surface area contributed by atoms with Gasteiger partial charge in [0.1, 0.15) is 0 Å². The van der Waals surface area contributed by atoms with E-state index >= 15 is 0 Å². The van der Waals surface area contributed by atoms with Crippen molar-refractivity contribution >= 4 is 0 Å². The van der Waals surface area contributed by atoms with Crippen molar-refractivity contribution < 1.29 is 13.2 Å². The molecule has 0 spiro atoms. The van der Waals surface area contributed by atoms with Crippen molar-refractivity contribution in [2.75, 3.05) is 0 Å². The van der Waals surface area contributed by atoms with E-state index in [2.05, 4.69) is 0 Å². The van der Waals surface area contributed by atoms with Crippen LogP contribution in [0.15, 0.2) is 22.8 Å². The molecule has 0 nitrogen and oxygen atoms in total. The third-order valence-electron chi connectivity index (χ3n) is 3.04. The molecule has 1 aliphatic rings. The van der Waals surface area contributed by atoms with Crippen LogP contribution in [0.2, 0.25) is 0 Å². The molecule has 16 heavy (non-hydrogen) atoms. The minimum atomic E-state index is -4.22. The van der Waals surface area contributed by atoms with E-state index in [4.69, 9.17) is 0 Å². The first-order valence-corrected chi connectivity index (χ1v) is 5.72. The number of alkyl halides is 3. The topological polar surface area (TPSA) is 0 Å². The fourth-order valence-electron chi connectivity index (χ4n) is 2.41. The van der Waals surface area contributed by atoms with Gasteiger partial charge in [-0.1, -0.05) is 39.3 Å². The molecule has 0 heterocycles. The second kappa shape index (κ2) is 4.27. The van der Waals surface area contributed by atoms with Gasteiger partial charge in [0.15, 0.2) is 0 Å². The Bertz CT molecular complexity index is 326. The highest BCUT2D eigenvalue weighted by atomic mass is 19.4. The smallest absolute Gasteiger partial charge is 0.166 e. The summed E-state index contributed by atoms with van der Waals surface area (Å²) in [7, 11) is 0. The minimum Gasteiger partial charge on any atom is -0.166 e. The van der Waals surface area contributed by atoms with Gasteiger partial charge in [0, 0.05) is 0 Å². The quantitative estimate of drug-likeness (QED) is 0.627. The van der Waals surface area contributed by atoms with Crippen LogP contribution >= 0.6 is 0 Å². The van der Waals surface area contributed by atoms with Crippen LogP contribution < -0.4 is 0 Å². The molecule has 0 fully saturated rings. The molecule has 92 valence electrons. The summed E-state index contributed by atoms with van der Waals surface area (Å²) >= 11 is 0. The van der Waals surface area contributed by atoms with E-state index in [1.54, 1.807) is 6.92 Å². The summed E-state index contributed by atoms with van der Waals surface area (Å²) in [5, 5.41) is 0. The van der Waals surface area contributed by atoms with Gasteiger partial charge in [-0.2, -0.15) is 13.2 Å². The summed E-state index contributed by atoms with van der Waals surface area (Å²) in [4.78, 5) is 0. The zero-order chi connectivity index (χ0) is 12.6. The molecule has 0 bridgehead atoms. The van der Waals surface area contributed by atoms with Crippen LogP contribution in [0.5, 0.6) is 0 Å². The molecule has 0 atom stereocenters. The van der Waals surface area contributed by atoms with Crippen molar-refractivity contribution in [2.45, 2.75) is 53.1 Å². The molecule has 0 aromatic heterocycles. The van der Waals surface area contributed by atoms with Crippen LogP contribution in [-0.2, 0) is 0 Å². The first kappa shape index (κ1) is 13.3. The van der Waals surface area contributed by atoms with Crippen molar-refractivity contribution in [2.24, 2.45) is 5.41 Å². The SMILES string of the molecule is CCC1=C(CC)C(C(F)(F)F)=CC(C)(C)C1. The Balaban J connectivity index is 3.28. The zero-order valence-corrected chi connectivity index (χ0v) is 10.3. The Morgan fingerprint density at radius 2 is 1.75 bits per heavy atom. The average molecular weight is 232 g/mol. The summed E-state index contributed by atoms with van der Waals surface area (Å²) in [6.45, 7) is 7.45. The van der Waals surface area contributed by atoms with Crippen molar-refractivity contribution in [1.82, 2.24) is 0 Å². The zero-order valence-electron chi connectivity index (χ0n) is 10.3. The fraction of sp³-hybridized carbons (Fsp3) is 0.692. The summed E-state index contributed by atoms with van der Waals surface area (Å²) in [6.07, 6.45) is -0.911. The first-order chi connectivity index (χ1) is 7.21. The molecule has 0 radical (unpaired) electrons. The van der Waals surface area contributed by atoms with E-state index in [0.29, 0.717) is 18.4 Å². The Morgan fingerprint density at radius 1 is 1.19 bits per heavy atom. The highest BCUT2D eigenvalue weighted by Crippen LogP contribution is 2.45. The Labute approximate surface area is 95.2 Å². The lowest BCUT2D eigenvalue weighted by molar-refractivity contribution is -0.0909. The van der Waals surface area contributed by atoms with Crippen molar-refractivity contribution in [3.63, 3.8) is 0 Å². The first-order valence-electron chi connectivity index (χ1n) is 5.72. The van der Waals surface area contributed by atoms with E-state index in [-0.39, 0.29) is 5.41 Å². The molecule has 3 heteroatoms. The second-order valence-electron chi connectivity index (χ2n) is 5.01. The van der Waals surface area contributed by atoms with Crippen LogP contribution in [0.25, 0.3) is 0 Å². The third-order valence-corrected chi connectivity index (χ3v) is 3.04. The van der Waals surface area contributed by atoms with E-state index in [1.807, 2.05) is 20.8 Å². The minimum absolute atomic E-state index is 0.380. The molecular weight excluding hydrogens is 213 g/mol. The van der Waals surface area contributed by atoms with Crippen LogP contribution in [0.3, 0.4) is 0 Å². The number of rotatable bonds is 2. The molecule has 1 aliphatic carbocycles. The average Bonchev–Trinajstić information content (AvgIpc) is 2.13. The highest BCUT2D eigenvalue weighted by Gasteiger charge is 2.40. The van der Waals surface area contributed by atoms with Gasteiger partial charge >= 0.3 is 6.18 Å². The van der Waals surface area contributed by atoms with Gasteiger partial charge < -0.3 is 0 Å². The Morgan fingerprint density at radius 3 is 2.12 bits per heavy atom. The largest absolute Gasteiger partial charge is 0.416 e. The molecular formula is C13H19F3. The summed E-state index contributed by atoms with van der Waals surface area (Å²) < 4.78 is 38.8. The predicted molar refractivity (Wildman–Crippen MR) is 60.1 cm³/mol. The molecule has 0 unspecified atom stereocenters. The van der Waals surface area contributed by atoms with Crippen LogP contribution in [0.4, 0.5) is 13.2 Å². The normalized spacial score (nSPS) is 21.1. The molecule has 0 amide bonds. The van der Waals surface area contributed by atoms with Crippen molar-refractivity contribution in [1.29, 1.82) is 0 Å². The second-order valence-corrected chi connectivity index (χ2v) is 5.01. The lowest BCUT2D eigenvalue weighted by atomic mass is 9.74. The van der Waals surface area contributed by atoms with Gasteiger partial charge in [-0.3, -0.25) is 0 Å².